The first-order chi connectivity index (χ1) is 21.9. The van der Waals surface area contributed by atoms with Crippen molar-refractivity contribution in [3.05, 3.63) is 24.2 Å². The third-order valence-electron chi connectivity index (χ3n) is 10.4. The Morgan fingerprint density at radius 3 is 2.06 bits per heavy atom. The molecular weight excluding hydrogens is 616 g/mol. The van der Waals surface area contributed by atoms with Crippen molar-refractivity contribution in [3.8, 4) is 0 Å². The zero-order chi connectivity index (χ0) is 35.1. The van der Waals surface area contributed by atoms with E-state index < -0.39 is 101 Å². The molecule has 13 heteroatoms. The van der Waals surface area contributed by atoms with E-state index in [1.54, 1.807) is 34.6 Å². The average Bonchev–Trinajstić information content (AvgIpc) is 3.58. The van der Waals surface area contributed by atoms with Gasteiger partial charge in [-0.15, -0.1) is 0 Å². The molecule has 0 radical (unpaired) electrons. The molecule has 2 bridgehead atoms. The Morgan fingerprint density at radius 1 is 0.915 bits per heavy atom. The van der Waals surface area contributed by atoms with Crippen LogP contribution in [0.15, 0.2) is 23.0 Å². The molecule has 262 valence electrons. The maximum atomic E-state index is 13.7. The summed E-state index contributed by atoms with van der Waals surface area (Å²) in [5.41, 5.74) is -7.05. The van der Waals surface area contributed by atoms with Crippen LogP contribution in [0.25, 0.3) is 0 Å². The van der Waals surface area contributed by atoms with Gasteiger partial charge in [0.25, 0.3) is 0 Å². The SMILES string of the molecule is CC[C@@H](C)C(=O)O[C@H]1C[C@](C)(O)[C@]23OC(C)(C)[C@H](C[C@H](OC(=O)c4ccoc4)[C@]2(COC(C)=O)[C@H]1OC(=O)[C@H](C)CC)[C@H]3OC(C)=O. The number of aliphatic hydroxyl groups is 1. The topological polar surface area (TPSA) is 174 Å². The number of carbonyl (C=O) groups excluding carboxylic acids is 5. The van der Waals surface area contributed by atoms with Gasteiger partial charge < -0.3 is 37.9 Å². The Bertz CT molecular complexity index is 1350. The number of hydrogen-bond donors (Lipinski definition) is 1. The Hall–Kier alpha value is -3.45. The number of fused-ring (bicyclic) bond motifs is 1. The quantitative estimate of drug-likeness (QED) is 0.267. The predicted molar refractivity (Wildman–Crippen MR) is 162 cm³/mol. The van der Waals surface area contributed by atoms with Crippen LogP contribution in [-0.4, -0.2) is 82.8 Å². The third kappa shape index (κ3) is 6.16. The van der Waals surface area contributed by atoms with Gasteiger partial charge in [0.2, 0.25) is 0 Å². The minimum Gasteiger partial charge on any atom is -0.472 e. The second-order valence-corrected chi connectivity index (χ2v) is 14.0. The summed E-state index contributed by atoms with van der Waals surface area (Å²) in [6.07, 6.45) is -2.32. The molecule has 3 fully saturated rings. The molecule has 1 aromatic rings. The van der Waals surface area contributed by atoms with E-state index in [1.165, 1.54) is 39.4 Å². The molecule has 1 aromatic heterocycles. The first kappa shape index (κ1) is 36.4. The highest BCUT2D eigenvalue weighted by Crippen LogP contribution is 2.69. The van der Waals surface area contributed by atoms with E-state index in [0.717, 1.165) is 0 Å². The smallest absolute Gasteiger partial charge is 0.341 e. The maximum Gasteiger partial charge on any atom is 0.341 e. The fourth-order valence-electron chi connectivity index (χ4n) is 7.64. The molecule has 1 N–H and O–H groups in total. The summed E-state index contributed by atoms with van der Waals surface area (Å²) in [6, 6.07) is 1.41. The van der Waals surface area contributed by atoms with Crippen molar-refractivity contribution in [1.29, 1.82) is 0 Å². The van der Waals surface area contributed by atoms with E-state index >= 15 is 0 Å². The van der Waals surface area contributed by atoms with E-state index in [9.17, 15) is 29.1 Å². The highest BCUT2D eigenvalue weighted by molar-refractivity contribution is 5.89. The van der Waals surface area contributed by atoms with Gasteiger partial charge in [0.1, 0.15) is 36.6 Å². The maximum absolute atomic E-state index is 13.7. The minimum atomic E-state index is -2.02. The van der Waals surface area contributed by atoms with Crippen LogP contribution in [0.1, 0.15) is 98.4 Å². The predicted octanol–water partition coefficient (Wildman–Crippen LogP) is 3.92. The van der Waals surface area contributed by atoms with Crippen LogP contribution in [0.3, 0.4) is 0 Å². The van der Waals surface area contributed by atoms with Gasteiger partial charge in [-0.1, -0.05) is 27.7 Å². The van der Waals surface area contributed by atoms with Crippen molar-refractivity contribution in [3.63, 3.8) is 0 Å². The second kappa shape index (κ2) is 13.2. The molecule has 1 aliphatic heterocycles. The fraction of sp³-hybridized carbons (Fsp3) is 0.735. The van der Waals surface area contributed by atoms with Crippen molar-refractivity contribution in [2.45, 2.75) is 129 Å². The van der Waals surface area contributed by atoms with Crippen molar-refractivity contribution in [2.75, 3.05) is 6.61 Å². The number of hydrogen-bond acceptors (Lipinski definition) is 13. The molecule has 0 aromatic carbocycles. The first-order valence-corrected chi connectivity index (χ1v) is 16.3. The van der Waals surface area contributed by atoms with Gasteiger partial charge in [-0.2, -0.15) is 0 Å². The van der Waals surface area contributed by atoms with E-state index in [4.69, 9.17) is 32.8 Å². The molecule has 2 heterocycles. The normalized spacial score (nSPS) is 35.1. The van der Waals surface area contributed by atoms with Crippen molar-refractivity contribution in [2.24, 2.45) is 23.2 Å². The number of furan rings is 1. The highest BCUT2D eigenvalue weighted by Gasteiger charge is 2.86. The van der Waals surface area contributed by atoms with Gasteiger partial charge in [0.15, 0.2) is 11.7 Å². The highest BCUT2D eigenvalue weighted by atomic mass is 16.6. The summed E-state index contributed by atoms with van der Waals surface area (Å²) in [7, 11) is 0. The van der Waals surface area contributed by atoms with Crippen molar-refractivity contribution in [1.82, 2.24) is 0 Å². The van der Waals surface area contributed by atoms with Gasteiger partial charge in [-0.25, -0.2) is 4.79 Å². The number of carbonyl (C=O) groups is 5. The largest absolute Gasteiger partial charge is 0.472 e. The number of ether oxygens (including phenoxy) is 6. The zero-order valence-corrected chi connectivity index (χ0v) is 28.7. The summed E-state index contributed by atoms with van der Waals surface area (Å²) in [5.74, 6) is -5.31. The van der Waals surface area contributed by atoms with Gasteiger partial charge >= 0.3 is 29.8 Å². The van der Waals surface area contributed by atoms with Gasteiger partial charge in [-0.3, -0.25) is 19.2 Å². The van der Waals surface area contributed by atoms with Crippen LogP contribution < -0.4 is 0 Å². The van der Waals surface area contributed by atoms with Gasteiger partial charge in [0, 0.05) is 26.2 Å². The van der Waals surface area contributed by atoms with Crippen LogP contribution in [0, 0.1) is 23.2 Å². The lowest BCUT2D eigenvalue weighted by Gasteiger charge is -2.65. The van der Waals surface area contributed by atoms with Gasteiger partial charge in [-0.05, 0) is 46.1 Å². The third-order valence-corrected chi connectivity index (χ3v) is 10.4. The minimum absolute atomic E-state index is 0.0307. The van der Waals surface area contributed by atoms with Gasteiger partial charge in [0.05, 0.1) is 34.9 Å². The van der Waals surface area contributed by atoms with E-state index in [1.807, 2.05) is 6.92 Å². The fourth-order valence-corrected chi connectivity index (χ4v) is 7.64. The molecule has 0 unspecified atom stereocenters. The van der Waals surface area contributed by atoms with Crippen LogP contribution in [0.4, 0.5) is 0 Å². The molecular formula is C34H48O13. The van der Waals surface area contributed by atoms with E-state index in [0.29, 0.717) is 12.8 Å². The molecule has 1 spiro atoms. The summed E-state index contributed by atoms with van der Waals surface area (Å²) < 4.78 is 42.3. The molecule has 2 saturated carbocycles. The Kier molecular flexibility index (Phi) is 10.2. The molecule has 13 nitrogen and oxygen atoms in total. The summed E-state index contributed by atoms with van der Waals surface area (Å²) in [5, 5.41) is 12.7. The number of esters is 5. The lowest BCUT2D eigenvalue weighted by Crippen LogP contribution is -2.83. The average molecular weight is 665 g/mol. The standard InChI is InChI=1S/C34H48O13/c1-10-18(3)28(37)44-24-15-32(9,40)34-26(43-21(6)36)23(31(7,8)47-34)14-25(45-30(39)22-12-13-41-16-22)33(34,17-42-20(5)35)27(24)46-29(38)19(4)11-2/h12-13,16,18-19,23-27,40H,10-11,14-15,17H2,1-9H3/t18-,19-,23-,24+,25+,26-,27+,32+,33-,34+/m1/s1. The molecule has 1 saturated heterocycles. The van der Waals surface area contributed by atoms with Crippen molar-refractivity contribution < 1.29 is 61.9 Å². The van der Waals surface area contributed by atoms with Crippen LogP contribution in [0.5, 0.6) is 0 Å². The lowest BCUT2D eigenvalue weighted by atomic mass is 9.46. The molecule has 47 heavy (non-hydrogen) atoms. The summed E-state index contributed by atoms with van der Waals surface area (Å²) in [4.78, 5) is 66.0. The summed E-state index contributed by atoms with van der Waals surface area (Å²) in [6.45, 7) is 13.7. The summed E-state index contributed by atoms with van der Waals surface area (Å²) >= 11 is 0. The molecule has 10 atom stereocenters. The first-order valence-electron chi connectivity index (χ1n) is 16.3. The van der Waals surface area contributed by atoms with Crippen LogP contribution in [0.2, 0.25) is 0 Å². The van der Waals surface area contributed by atoms with Crippen LogP contribution in [-0.2, 0) is 47.6 Å². The van der Waals surface area contributed by atoms with Crippen LogP contribution >= 0.6 is 0 Å². The Balaban J connectivity index is 2.07. The zero-order valence-electron chi connectivity index (χ0n) is 28.7. The lowest BCUT2D eigenvalue weighted by molar-refractivity contribution is -0.356. The molecule has 2 aliphatic carbocycles. The monoisotopic (exact) mass is 664 g/mol. The Morgan fingerprint density at radius 2 is 1.53 bits per heavy atom. The molecule has 4 rings (SSSR count). The van der Waals surface area contributed by atoms with E-state index in [-0.39, 0.29) is 18.4 Å². The number of rotatable bonds is 11. The molecule has 3 aliphatic rings. The molecule has 0 amide bonds. The van der Waals surface area contributed by atoms with Crippen molar-refractivity contribution >= 4 is 29.8 Å². The van der Waals surface area contributed by atoms with E-state index in [2.05, 4.69) is 0 Å². The Labute approximate surface area is 274 Å². The second-order valence-electron chi connectivity index (χ2n) is 14.0.